The predicted molar refractivity (Wildman–Crippen MR) is 74.6 cm³/mol. The van der Waals surface area contributed by atoms with E-state index in [9.17, 15) is 4.21 Å². The van der Waals surface area contributed by atoms with E-state index in [0.29, 0.717) is 5.69 Å². The Morgan fingerprint density at radius 2 is 1.78 bits per heavy atom. The van der Waals surface area contributed by atoms with E-state index >= 15 is 0 Å². The lowest BCUT2D eigenvalue weighted by atomic mass is 10.2. The molecule has 18 heavy (non-hydrogen) atoms. The Kier molecular flexibility index (Phi) is 2.64. The van der Waals surface area contributed by atoms with Crippen molar-refractivity contribution in [2.45, 2.75) is 4.90 Å². The van der Waals surface area contributed by atoms with Crippen LogP contribution in [-0.2, 0) is 11.0 Å². The second-order valence-corrected chi connectivity index (χ2v) is 5.39. The molecule has 1 heterocycles. The molecule has 3 rings (SSSR count). The topological polar surface area (TPSA) is 48.0 Å². The number of anilines is 1. The van der Waals surface area contributed by atoms with Gasteiger partial charge in [0.1, 0.15) is 0 Å². The summed E-state index contributed by atoms with van der Waals surface area (Å²) >= 11 is 0. The monoisotopic (exact) mass is 256 g/mol. The summed E-state index contributed by atoms with van der Waals surface area (Å²) in [5, 5.41) is 0.999. The van der Waals surface area contributed by atoms with Crippen molar-refractivity contribution >= 4 is 27.6 Å². The number of nitrogens with zero attached hydrogens (tertiary/aromatic N) is 1. The summed E-state index contributed by atoms with van der Waals surface area (Å²) in [5.74, 6) is 0. The maximum absolute atomic E-state index is 12.4. The number of benzene rings is 2. The van der Waals surface area contributed by atoms with Gasteiger partial charge in [-0.1, -0.05) is 18.2 Å². The van der Waals surface area contributed by atoms with Gasteiger partial charge in [0.15, 0.2) is 11.0 Å². The van der Waals surface area contributed by atoms with Gasteiger partial charge in [-0.2, -0.15) is 0 Å². The van der Waals surface area contributed by atoms with Crippen molar-refractivity contribution in [1.29, 1.82) is 0 Å². The van der Waals surface area contributed by atoms with Gasteiger partial charge < -0.3 is 5.73 Å². The highest BCUT2D eigenvalue weighted by Crippen LogP contribution is 2.21. The SMILES string of the molecule is Nc1ccc2c(ccn2S(=O)c2ccccc2)c1. The highest BCUT2D eigenvalue weighted by molar-refractivity contribution is 7.83. The van der Waals surface area contributed by atoms with Gasteiger partial charge in [0.2, 0.25) is 0 Å². The second-order valence-electron chi connectivity index (χ2n) is 4.02. The fraction of sp³-hybridized carbons (Fsp3) is 0. The molecule has 90 valence electrons. The Labute approximate surface area is 107 Å². The molecule has 0 saturated carbocycles. The Bertz CT molecular complexity index is 719. The summed E-state index contributed by atoms with van der Waals surface area (Å²) in [7, 11) is -1.22. The van der Waals surface area contributed by atoms with Crippen molar-refractivity contribution in [3.8, 4) is 0 Å². The highest BCUT2D eigenvalue weighted by Gasteiger charge is 2.09. The molecule has 0 bridgehead atoms. The van der Waals surface area contributed by atoms with E-state index in [1.54, 1.807) is 3.97 Å². The van der Waals surface area contributed by atoms with Crippen LogP contribution in [-0.4, -0.2) is 8.18 Å². The van der Waals surface area contributed by atoms with Crippen LogP contribution >= 0.6 is 0 Å². The normalized spacial score (nSPS) is 12.7. The fourth-order valence-corrected chi connectivity index (χ4v) is 3.06. The molecule has 1 atom stereocenters. The van der Waals surface area contributed by atoms with Crippen LogP contribution in [0.2, 0.25) is 0 Å². The molecule has 0 aliphatic carbocycles. The highest BCUT2D eigenvalue weighted by atomic mass is 32.2. The van der Waals surface area contributed by atoms with Crippen molar-refractivity contribution in [3.05, 3.63) is 60.8 Å². The van der Waals surface area contributed by atoms with Crippen molar-refractivity contribution < 1.29 is 4.21 Å². The van der Waals surface area contributed by atoms with Crippen LogP contribution in [0.5, 0.6) is 0 Å². The molecule has 0 radical (unpaired) electrons. The Morgan fingerprint density at radius 3 is 2.56 bits per heavy atom. The number of aromatic nitrogens is 1. The van der Waals surface area contributed by atoms with Crippen LogP contribution in [0.4, 0.5) is 5.69 Å². The average molecular weight is 256 g/mol. The minimum absolute atomic E-state index is 0.714. The molecule has 0 saturated heterocycles. The first-order chi connectivity index (χ1) is 8.75. The quantitative estimate of drug-likeness (QED) is 0.717. The first-order valence-electron chi connectivity index (χ1n) is 5.59. The van der Waals surface area contributed by atoms with E-state index in [4.69, 9.17) is 5.73 Å². The summed E-state index contributed by atoms with van der Waals surface area (Å²) in [4.78, 5) is 0.784. The molecule has 0 aliphatic heterocycles. The molecule has 0 spiro atoms. The lowest BCUT2D eigenvalue weighted by Gasteiger charge is -2.05. The van der Waals surface area contributed by atoms with E-state index in [1.807, 2.05) is 60.8 Å². The summed E-state index contributed by atoms with van der Waals surface area (Å²) in [5.41, 5.74) is 7.37. The fourth-order valence-electron chi connectivity index (χ4n) is 1.93. The van der Waals surface area contributed by atoms with Crippen molar-refractivity contribution in [3.63, 3.8) is 0 Å². The van der Waals surface area contributed by atoms with Crippen LogP contribution in [0, 0.1) is 0 Å². The molecule has 1 unspecified atom stereocenters. The molecular weight excluding hydrogens is 244 g/mol. The van der Waals surface area contributed by atoms with Crippen molar-refractivity contribution in [1.82, 2.24) is 3.97 Å². The third-order valence-electron chi connectivity index (χ3n) is 2.80. The van der Waals surface area contributed by atoms with Gasteiger partial charge in [0, 0.05) is 17.3 Å². The molecule has 3 aromatic rings. The molecule has 0 aliphatic rings. The van der Waals surface area contributed by atoms with Crippen LogP contribution < -0.4 is 5.73 Å². The summed E-state index contributed by atoms with van der Waals surface area (Å²) in [6, 6.07) is 16.9. The molecule has 0 amide bonds. The number of fused-ring (bicyclic) bond motifs is 1. The first-order valence-corrected chi connectivity index (χ1v) is 6.70. The zero-order valence-corrected chi connectivity index (χ0v) is 10.4. The third kappa shape index (κ3) is 1.80. The maximum atomic E-state index is 12.4. The van der Waals surface area contributed by atoms with Gasteiger partial charge in [0.25, 0.3) is 0 Å². The van der Waals surface area contributed by atoms with E-state index < -0.39 is 11.0 Å². The lowest BCUT2D eigenvalue weighted by molar-refractivity contribution is 0.678. The van der Waals surface area contributed by atoms with E-state index in [1.165, 1.54) is 0 Å². The zero-order valence-electron chi connectivity index (χ0n) is 9.61. The van der Waals surface area contributed by atoms with Gasteiger partial charge in [0.05, 0.1) is 10.4 Å². The maximum Gasteiger partial charge on any atom is 0.157 e. The number of nitrogens with two attached hydrogens (primary N) is 1. The second kappa shape index (κ2) is 4.31. The standard InChI is InChI=1S/C14H12N2OS/c15-12-6-7-14-11(10-12)8-9-16(14)18(17)13-4-2-1-3-5-13/h1-10H,15H2. The molecular formula is C14H12N2OS. The molecule has 3 nitrogen and oxygen atoms in total. The Hall–Kier alpha value is -2.07. The largest absolute Gasteiger partial charge is 0.399 e. The molecule has 1 aromatic heterocycles. The Balaban J connectivity index is 2.13. The van der Waals surface area contributed by atoms with E-state index in [2.05, 4.69) is 0 Å². The van der Waals surface area contributed by atoms with Crippen LogP contribution in [0.15, 0.2) is 65.7 Å². The van der Waals surface area contributed by atoms with E-state index in [0.717, 1.165) is 15.8 Å². The summed E-state index contributed by atoms with van der Waals surface area (Å²) < 4.78 is 14.2. The summed E-state index contributed by atoms with van der Waals surface area (Å²) in [6.45, 7) is 0. The first kappa shape index (κ1) is 11.0. The van der Waals surface area contributed by atoms with Crippen LogP contribution in [0.3, 0.4) is 0 Å². The number of nitrogen functional groups attached to an aromatic ring is 1. The number of hydrogen-bond donors (Lipinski definition) is 1. The van der Waals surface area contributed by atoms with E-state index in [-0.39, 0.29) is 0 Å². The molecule has 2 aromatic carbocycles. The molecule has 0 fully saturated rings. The van der Waals surface area contributed by atoms with Gasteiger partial charge in [-0.25, -0.2) is 4.21 Å². The van der Waals surface area contributed by atoms with Gasteiger partial charge in [-0.15, -0.1) is 0 Å². The summed E-state index contributed by atoms with van der Waals surface area (Å²) in [6.07, 6.45) is 1.83. The molecule has 2 N–H and O–H groups in total. The number of rotatable bonds is 2. The number of hydrogen-bond acceptors (Lipinski definition) is 2. The van der Waals surface area contributed by atoms with Crippen molar-refractivity contribution in [2.24, 2.45) is 0 Å². The van der Waals surface area contributed by atoms with Crippen LogP contribution in [0.25, 0.3) is 10.9 Å². The van der Waals surface area contributed by atoms with Gasteiger partial charge >= 0.3 is 0 Å². The van der Waals surface area contributed by atoms with Crippen LogP contribution in [0.1, 0.15) is 0 Å². The average Bonchev–Trinajstić information content (AvgIpc) is 2.81. The minimum Gasteiger partial charge on any atom is -0.399 e. The van der Waals surface area contributed by atoms with Crippen molar-refractivity contribution in [2.75, 3.05) is 5.73 Å². The smallest absolute Gasteiger partial charge is 0.157 e. The third-order valence-corrected chi connectivity index (χ3v) is 4.15. The minimum atomic E-state index is -1.22. The van der Waals surface area contributed by atoms with Gasteiger partial charge in [-0.3, -0.25) is 3.97 Å². The van der Waals surface area contributed by atoms with Gasteiger partial charge in [-0.05, 0) is 36.4 Å². The zero-order chi connectivity index (χ0) is 12.5. The molecule has 4 heteroatoms. The predicted octanol–water partition coefficient (Wildman–Crippen LogP) is 2.79. The lowest BCUT2D eigenvalue weighted by Crippen LogP contribution is -2.02. The Morgan fingerprint density at radius 1 is 1.00 bits per heavy atom.